The molecule has 0 fully saturated rings. The van der Waals surface area contributed by atoms with E-state index in [2.05, 4.69) is 47.5 Å². The van der Waals surface area contributed by atoms with Crippen molar-refractivity contribution in [3.8, 4) is 0 Å². The third kappa shape index (κ3) is 3.14. The summed E-state index contributed by atoms with van der Waals surface area (Å²) in [6, 6.07) is 2.09. The maximum Gasteiger partial charge on any atom is 0.142 e. The number of thioether (sulfide) groups is 1. The standard InChI is InChI=1S/C13H19N3S2/c1-4-9(3)18-8-11-15-12(14-5-2)10-6-7-17-13(10)16-11/h6-7,9H,4-5,8H2,1-3H3,(H,14,15,16). The number of aromatic nitrogens is 2. The molecule has 3 nitrogen and oxygen atoms in total. The van der Waals surface area contributed by atoms with Crippen LogP contribution in [0.4, 0.5) is 5.82 Å². The molecule has 0 aliphatic rings. The van der Waals surface area contributed by atoms with Gasteiger partial charge in [-0.05, 0) is 24.8 Å². The van der Waals surface area contributed by atoms with Crippen LogP contribution in [0.15, 0.2) is 11.4 Å². The second-order valence-corrected chi connectivity index (χ2v) is 6.51. The maximum atomic E-state index is 4.63. The van der Waals surface area contributed by atoms with Gasteiger partial charge < -0.3 is 5.32 Å². The van der Waals surface area contributed by atoms with Crippen LogP contribution in [0.1, 0.15) is 33.0 Å². The van der Waals surface area contributed by atoms with Gasteiger partial charge in [-0.3, -0.25) is 0 Å². The van der Waals surface area contributed by atoms with Crippen molar-refractivity contribution in [1.82, 2.24) is 9.97 Å². The smallest absolute Gasteiger partial charge is 0.142 e. The van der Waals surface area contributed by atoms with E-state index in [1.807, 2.05) is 11.8 Å². The molecule has 2 rings (SSSR count). The van der Waals surface area contributed by atoms with E-state index in [0.29, 0.717) is 5.25 Å². The van der Waals surface area contributed by atoms with Gasteiger partial charge in [-0.2, -0.15) is 11.8 Å². The van der Waals surface area contributed by atoms with Crippen LogP contribution in [0.3, 0.4) is 0 Å². The first kappa shape index (κ1) is 13.6. The molecule has 2 heterocycles. The third-order valence-corrected chi connectivity index (χ3v) is 4.92. The van der Waals surface area contributed by atoms with E-state index in [1.54, 1.807) is 11.3 Å². The van der Waals surface area contributed by atoms with E-state index in [4.69, 9.17) is 0 Å². The van der Waals surface area contributed by atoms with E-state index in [9.17, 15) is 0 Å². The summed E-state index contributed by atoms with van der Waals surface area (Å²) in [5.41, 5.74) is 0. The summed E-state index contributed by atoms with van der Waals surface area (Å²) in [7, 11) is 0. The summed E-state index contributed by atoms with van der Waals surface area (Å²) >= 11 is 3.60. The summed E-state index contributed by atoms with van der Waals surface area (Å²) in [6.07, 6.45) is 1.19. The zero-order valence-corrected chi connectivity index (χ0v) is 12.7. The van der Waals surface area contributed by atoms with Gasteiger partial charge in [0.25, 0.3) is 0 Å². The van der Waals surface area contributed by atoms with Gasteiger partial charge in [0.2, 0.25) is 0 Å². The molecule has 0 amide bonds. The van der Waals surface area contributed by atoms with Crippen molar-refractivity contribution < 1.29 is 0 Å². The van der Waals surface area contributed by atoms with Gasteiger partial charge in [-0.1, -0.05) is 13.8 Å². The first-order valence-corrected chi connectivity index (χ1v) is 8.27. The van der Waals surface area contributed by atoms with Crippen molar-refractivity contribution in [2.75, 3.05) is 11.9 Å². The largest absolute Gasteiger partial charge is 0.370 e. The zero-order chi connectivity index (χ0) is 13.0. The second-order valence-electron chi connectivity index (χ2n) is 4.19. The Kier molecular flexibility index (Phi) is 4.83. The normalized spacial score (nSPS) is 12.8. The molecular formula is C13H19N3S2. The Morgan fingerprint density at radius 1 is 1.39 bits per heavy atom. The topological polar surface area (TPSA) is 37.8 Å². The van der Waals surface area contributed by atoms with Crippen LogP contribution in [-0.2, 0) is 5.75 Å². The average molecular weight is 281 g/mol. The molecule has 0 bridgehead atoms. The predicted octanol–water partition coefficient (Wildman–Crippen LogP) is 4.15. The van der Waals surface area contributed by atoms with Gasteiger partial charge >= 0.3 is 0 Å². The number of thiophene rings is 1. The zero-order valence-electron chi connectivity index (χ0n) is 11.1. The molecule has 2 aromatic heterocycles. The maximum absolute atomic E-state index is 4.63. The minimum atomic E-state index is 0.662. The lowest BCUT2D eigenvalue weighted by atomic mass is 10.3. The summed E-state index contributed by atoms with van der Waals surface area (Å²) in [6.45, 7) is 7.44. The summed E-state index contributed by atoms with van der Waals surface area (Å²) in [5, 5.41) is 7.20. The number of fused-ring (bicyclic) bond motifs is 1. The van der Waals surface area contributed by atoms with Crippen LogP contribution >= 0.6 is 23.1 Å². The van der Waals surface area contributed by atoms with E-state index >= 15 is 0 Å². The lowest BCUT2D eigenvalue weighted by molar-refractivity contribution is 0.902. The molecule has 0 saturated heterocycles. The number of nitrogens with one attached hydrogen (secondary N) is 1. The molecular weight excluding hydrogens is 262 g/mol. The molecule has 18 heavy (non-hydrogen) atoms. The van der Waals surface area contributed by atoms with Gasteiger partial charge in [0.15, 0.2) is 0 Å². The van der Waals surface area contributed by atoms with Crippen molar-refractivity contribution in [2.45, 2.75) is 38.2 Å². The molecule has 5 heteroatoms. The average Bonchev–Trinajstić information content (AvgIpc) is 2.84. The molecule has 1 atom stereocenters. The fourth-order valence-corrected chi connectivity index (χ4v) is 3.18. The lowest BCUT2D eigenvalue weighted by Crippen LogP contribution is -2.04. The van der Waals surface area contributed by atoms with E-state index < -0.39 is 0 Å². The Hall–Kier alpha value is -0.810. The van der Waals surface area contributed by atoms with Crippen LogP contribution in [-0.4, -0.2) is 21.8 Å². The molecule has 0 aliphatic carbocycles. The number of nitrogens with zero attached hydrogens (tertiary/aromatic N) is 2. The molecule has 0 saturated carbocycles. The van der Waals surface area contributed by atoms with Crippen molar-refractivity contribution in [3.63, 3.8) is 0 Å². The second kappa shape index (κ2) is 6.38. The Labute approximate surface area is 116 Å². The lowest BCUT2D eigenvalue weighted by Gasteiger charge is -2.09. The van der Waals surface area contributed by atoms with E-state index in [-0.39, 0.29) is 0 Å². The Morgan fingerprint density at radius 2 is 2.22 bits per heavy atom. The highest BCUT2D eigenvalue weighted by molar-refractivity contribution is 7.99. The van der Waals surface area contributed by atoms with Crippen LogP contribution < -0.4 is 5.32 Å². The molecule has 0 radical (unpaired) electrons. The Bertz CT molecular complexity index is 510. The third-order valence-electron chi connectivity index (χ3n) is 2.79. The molecule has 1 N–H and O–H groups in total. The molecule has 1 unspecified atom stereocenters. The van der Waals surface area contributed by atoms with Crippen molar-refractivity contribution in [2.24, 2.45) is 0 Å². The molecule has 0 aromatic carbocycles. The van der Waals surface area contributed by atoms with Gasteiger partial charge in [0.05, 0.1) is 11.1 Å². The molecule has 0 aliphatic heterocycles. The summed E-state index contributed by atoms with van der Waals surface area (Å²) < 4.78 is 0. The Balaban J connectivity index is 2.22. The number of rotatable bonds is 6. The van der Waals surface area contributed by atoms with E-state index in [0.717, 1.165) is 34.2 Å². The van der Waals surface area contributed by atoms with Crippen molar-refractivity contribution in [3.05, 3.63) is 17.3 Å². The van der Waals surface area contributed by atoms with Gasteiger partial charge in [-0.25, -0.2) is 9.97 Å². The summed E-state index contributed by atoms with van der Waals surface area (Å²) in [4.78, 5) is 10.3. The molecule has 2 aromatic rings. The SMILES string of the molecule is CCNc1nc(CSC(C)CC)nc2sccc12. The highest BCUT2D eigenvalue weighted by Gasteiger charge is 2.09. The number of hydrogen-bond donors (Lipinski definition) is 1. The van der Waals surface area contributed by atoms with Gasteiger partial charge in [0.1, 0.15) is 16.5 Å². The predicted molar refractivity (Wildman–Crippen MR) is 82.6 cm³/mol. The molecule has 98 valence electrons. The number of hydrogen-bond acceptors (Lipinski definition) is 5. The monoisotopic (exact) mass is 281 g/mol. The van der Waals surface area contributed by atoms with Crippen molar-refractivity contribution in [1.29, 1.82) is 0 Å². The molecule has 0 spiro atoms. The first-order valence-electron chi connectivity index (χ1n) is 6.34. The quantitative estimate of drug-likeness (QED) is 0.863. The van der Waals surface area contributed by atoms with Crippen molar-refractivity contribution >= 4 is 39.1 Å². The first-order chi connectivity index (χ1) is 8.74. The van der Waals surface area contributed by atoms with E-state index in [1.165, 1.54) is 6.42 Å². The summed E-state index contributed by atoms with van der Waals surface area (Å²) in [5.74, 6) is 2.80. The Morgan fingerprint density at radius 3 is 2.94 bits per heavy atom. The highest BCUT2D eigenvalue weighted by Crippen LogP contribution is 2.27. The fraction of sp³-hybridized carbons (Fsp3) is 0.538. The highest BCUT2D eigenvalue weighted by atomic mass is 32.2. The number of anilines is 1. The van der Waals surface area contributed by atoms with Crippen LogP contribution in [0.2, 0.25) is 0 Å². The van der Waals surface area contributed by atoms with Gasteiger partial charge in [0, 0.05) is 11.8 Å². The minimum Gasteiger partial charge on any atom is -0.370 e. The van der Waals surface area contributed by atoms with Crippen LogP contribution in [0, 0.1) is 0 Å². The van der Waals surface area contributed by atoms with Gasteiger partial charge in [-0.15, -0.1) is 11.3 Å². The van der Waals surface area contributed by atoms with Crippen LogP contribution in [0.25, 0.3) is 10.2 Å². The fourth-order valence-electron chi connectivity index (χ4n) is 1.60. The minimum absolute atomic E-state index is 0.662. The van der Waals surface area contributed by atoms with Crippen LogP contribution in [0.5, 0.6) is 0 Å².